The van der Waals surface area contributed by atoms with Crippen LogP contribution in [0.5, 0.6) is 0 Å². The van der Waals surface area contributed by atoms with Crippen LogP contribution >= 0.6 is 0 Å². The minimum Gasteiger partial charge on any atom is -0.361 e. The van der Waals surface area contributed by atoms with Crippen molar-refractivity contribution in [3.05, 3.63) is 29.3 Å². The SMILES string of the molecule is CC#CNCC1=CC=CC(=[N+]=[N-])C1. The second-order valence-electron chi connectivity index (χ2n) is 2.68. The van der Waals surface area contributed by atoms with Gasteiger partial charge in [0.2, 0.25) is 0 Å². The zero-order valence-electron chi connectivity index (χ0n) is 7.54. The number of hydrogen-bond donors (Lipinski definition) is 1. The molecule has 3 nitrogen and oxygen atoms in total. The third-order valence-corrected chi connectivity index (χ3v) is 1.69. The molecule has 0 saturated carbocycles. The molecule has 0 bridgehead atoms. The summed E-state index contributed by atoms with van der Waals surface area (Å²) >= 11 is 0. The van der Waals surface area contributed by atoms with Crippen LogP contribution in [0.3, 0.4) is 0 Å². The fourth-order valence-electron chi connectivity index (χ4n) is 1.08. The summed E-state index contributed by atoms with van der Waals surface area (Å²) in [5.74, 6) is 2.75. The third kappa shape index (κ3) is 2.98. The van der Waals surface area contributed by atoms with Crippen LogP contribution in [-0.2, 0) is 0 Å². The van der Waals surface area contributed by atoms with Gasteiger partial charge >= 0.3 is 0 Å². The Morgan fingerprint density at radius 2 is 2.54 bits per heavy atom. The summed E-state index contributed by atoms with van der Waals surface area (Å²) < 4.78 is 0. The van der Waals surface area contributed by atoms with Gasteiger partial charge < -0.3 is 10.8 Å². The topological polar surface area (TPSA) is 48.4 Å². The summed E-state index contributed by atoms with van der Waals surface area (Å²) in [6.45, 7) is 2.49. The zero-order valence-corrected chi connectivity index (χ0v) is 7.54. The van der Waals surface area contributed by atoms with E-state index < -0.39 is 0 Å². The van der Waals surface area contributed by atoms with Crippen molar-refractivity contribution in [2.24, 2.45) is 0 Å². The zero-order chi connectivity index (χ0) is 9.52. The lowest BCUT2D eigenvalue weighted by molar-refractivity contribution is -0.00562. The summed E-state index contributed by atoms with van der Waals surface area (Å²) in [6, 6.07) is 2.76. The Bertz CT molecular complexity index is 346. The van der Waals surface area contributed by atoms with Crippen molar-refractivity contribution in [1.29, 1.82) is 0 Å². The molecule has 0 fully saturated rings. The highest BCUT2D eigenvalue weighted by Crippen LogP contribution is 2.07. The third-order valence-electron chi connectivity index (χ3n) is 1.69. The molecule has 0 unspecified atom stereocenters. The monoisotopic (exact) mass is 173 g/mol. The van der Waals surface area contributed by atoms with E-state index in [-0.39, 0.29) is 0 Å². The van der Waals surface area contributed by atoms with E-state index >= 15 is 0 Å². The average Bonchev–Trinajstić information content (AvgIpc) is 2.19. The maximum Gasteiger partial charge on any atom is 0.296 e. The van der Waals surface area contributed by atoms with Gasteiger partial charge in [-0.1, -0.05) is 18.1 Å². The van der Waals surface area contributed by atoms with Crippen LogP contribution in [0.4, 0.5) is 0 Å². The summed E-state index contributed by atoms with van der Waals surface area (Å²) in [7, 11) is 0. The normalized spacial score (nSPS) is 13.9. The number of rotatable bonds is 2. The van der Waals surface area contributed by atoms with Crippen molar-refractivity contribution in [2.75, 3.05) is 6.54 Å². The molecular weight excluding hydrogens is 162 g/mol. The lowest BCUT2D eigenvalue weighted by Crippen LogP contribution is -2.14. The van der Waals surface area contributed by atoms with E-state index in [0.29, 0.717) is 18.7 Å². The van der Waals surface area contributed by atoms with Crippen molar-refractivity contribution in [2.45, 2.75) is 13.3 Å². The summed E-state index contributed by atoms with van der Waals surface area (Å²) in [5.41, 5.74) is 10.4. The highest BCUT2D eigenvalue weighted by atomic mass is 14.9. The minimum atomic E-state index is 0.684. The standard InChI is InChI=1S/C10H11N3/c1-2-6-12-8-9-4-3-5-10(7-9)13-11/h3-5,12H,7-8H2,1H3. The molecular formula is C10H11N3. The average molecular weight is 173 g/mol. The van der Waals surface area contributed by atoms with E-state index in [1.807, 2.05) is 12.2 Å². The van der Waals surface area contributed by atoms with Gasteiger partial charge in [-0.2, -0.15) is 4.79 Å². The first-order chi connectivity index (χ1) is 6.36. The predicted octanol–water partition coefficient (Wildman–Crippen LogP) is 1.11. The second-order valence-corrected chi connectivity index (χ2v) is 2.68. The minimum absolute atomic E-state index is 0.684. The van der Waals surface area contributed by atoms with E-state index in [2.05, 4.69) is 22.1 Å². The molecule has 0 aromatic carbocycles. The summed E-state index contributed by atoms with van der Waals surface area (Å²) in [6.07, 6.45) is 6.34. The number of hydrogen-bond acceptors (Lipinski definition) is 1. The quantitative estimate of drug-likeness (QED) is 0.289. The van der Waals surface area contributed by atoms with Gasteiger partial charge in [-0.25, -0.2) is 0 Å². The first-order valence-corrected chi connectivity index (χ1v) is 4.08. The molecule has 0 atom stereocenters. The highest BCUT2D eigenvalue weighted by Gasteiger charge is 2.10. The van der Waals surface area contributed by atoms with Crippen molar-refractivity contribution >= 4 is 5.71 Å². The number of nitrogens with one attached hydrogen (secondary N) is 1. The van der Waals surface area contributed by atoms with Crippen molar-refractivity contribution in [1.82, 2.24) is 5.32 Å². The molecule has 13 heavy (non-hydrogen) atoms. The highest BCUT2D eigenvalue weighted by molar-refractivity contribution is 5.93. The lowest BCUT2D eigenvalue weighted by Gasteiger charge is -2.04. The van der Waals surface area contributed by atoms with Crippen LogP contribution < -0.4 is 5.32 Å². The van der Waals surface area contributed by atoms with Gasteiger partial charge in [0.15, 0.2) is 0 Å². The van der Waals surface area contributed by atoms with Crippen LogP contribution in [0, 0.1) is 12.0 Å². The molecule has 1 N–H and O–H groups in total. The van der Waals surface area contributed by atoms with E-state index in [9.17, 15) is 0 Å². The van der Waals surface area contributed by atoms with Gasteiger partial charge in [0.05, 0.1) is 6.42 Å². The van der Waals surface area contributed by atoms with Crippen LogP contribution in [0.25, 0.3) is 5.53 Å². The van der Waals surface area contributed by atoms with Gasteiger partial charge in [-0.15, -0.1) is 0 Å². The van der Waals surface area contributed by atoms with Gasteiger partial charge in [0.1, 0.15) is 0 Å². The number of nitrogens with zero attached hydrogens (tertiary/aromatic N) is 2. The molecule has 0 spiro atoms. The van der Waals surface area contributed by atoms with Crippen molar-refractivity contribution < 1.29 is 4.79 Å². The molecule has 1 aliphatic carbocycles. The van der Waals surface area contributed by atoms with Gasteiger partial charge in [-0.05, 0) is 12.5 Å². The molecule has 0 aromatic rings. The number of allylic oxidation sites excluding steroid dienone is 3. The van der Waals surface area contributed by atoms with E-state index in [4.69, 9.17) is 5.53 Å². The molecule has 0 radical (unpaired) electrons. The van der Waals surface area contributed by atoms with Gasteiger partial charge in [-0.3, -0.25) is 0 Å². The van der Waals surface area contributed by atoms with Crippen LogP contribution in [0.1, 0.15) is 13.3 Å². The first-order valence-electron chi connectivity index (χ1n) is 4.08. The Hall–Kier alpha value is -1.78. The maximum atomic E-state index is 8.54. The molecule has 3 heteroatoms. The fourth-order valence-corrected chi connectivity index (χ4v) is 1.08. The van der Waals surface area contributed by atoms with Crippen LogP contribution in [0.15, 0.2) is 23.8 Å². The Morgan fingerprint density at radius 1 is 1.69 bits per heavy atom. The predicted molar refractivity (Wildman–Crippen MR) is 51.9 cm³/mol. The summed E-state index contributed by atoms with van der Waals surface area (Å²) in [5, 5.41) is 2.95. The Morgan fingerprint density at radius 3 is 3.23 bits per heavy atom. The largest absolute Gasteiger partial charge is 0.361 e. The van der Waals surface area contributed by atoms with E-state index in [1.165, 1.54) is 0 Å². The maximum absolute atomic E-state index is 8.54. The molecule has 0 saturated heterocycles. The second kappa shape index (κ2) is 4.97. The molecule has 0 heterocycles. The fraction of sp³-hybridized carbons (Fsp3) is 0.300. The smallest absolute Gasteiger partial charge is 0.296 e. The van der Waals surface area contributed by atoms with Crippen molar-refractivity contribution in [3.63, 3.8) is 0 Å². The van der Waals surface area contributed by atoms with Crippen LogP contribution in [-0.4, -0.2) is 17.0 Å². The van der Waals surface area contributed by atoms with Crippen LogP contribution in [0.2, 0.25) is 0 Å². The lowest BCUT2D eigenvalue weighted by atomic mass is 10.0. The molecule has 66 valence electrons. The molecule has 1 aliphatic rings. The first kappa shape index (κ1) is 9.31. The Labute approximate surface area is 77.8 Å². The molecule has 0 amide bonds. The Balaban J connectivity index is 2.51. The Kier molecular flexibility index (Phi) is 3.56. The van der Waals surface area contributed by atoms with Gasteiger partial charge in [0, 0.05) is 18.7 Å². The summed E-state index contributed by atoms with van der Waals surface area (Å²) in [4.78, 5) is 3.15. The molecule has 0 aromatic heterocycles. The molecule has 1 rings (SSSR count). The molecule has 0 aliphatic heterocycles. The van der Waals surface area contributed by atoms with Crippen molar-refractivity contribution in [3.8, 4) is 12.0 Å². The van der Waals surface area contributed by atoms with Gasteiger partial charge in [0.25, 0.3) is 5.71 Å². The van der Waals surface area contributed by atoms with E-state index in [1.54, 1.807) is 13.0 Å². The van der Waals surface area contributed by atoms with E-state index in [0.717, 1.165) is 5.57 Å².